The third kappa shape index (κ3) is 4.55. The van der Waals surface area contributed by atoms with E-state index in [1.54, 1.807) is 35.5 Å². The lowest BCUT2D eigenvalue weighted by molar-refractivity contribution is -0.141. The van der Waals surface area contributed by atoms with Gasteiger partial charge in [0.15, 0.2) is 11.5 Å². The van der Waals surface area contributed by atoms with Gasteiger partial charge < -0.3 is 9.64 Å². The molecular weight excluding hydrogens is 449 g/mol. The minimum absolute atomic E-state index is 0.0228. The van der Waals surface area contributed by atoms with Gasteiger partial charge in [-0.05, 0) is 49.8 Å². The van der Waals surface area contributed by atoms with Gasteiger partial charge in [0.05, 0.1) is 24.0 Å². The Morgan fingerprint density at radius 1 is 1.09 bits per heavy atom. The molecule has 0 radical (unpaired) electrons. The maximum absolute atomic E-state index is 13.7. The molecule has 176 valence electrons. The minimum atomic E-state index is -4.57. The number of pyridine rings is 1. The second-order valence-electron chi connectivity index (χ2n) is 8.57. The number of ether oxygens (including phenoxy) is 1. The van der Waals surface area contributed by atoms with Crippen molar-refractivity contribution in [3.63, 3.8) is 0 Å². The molecule has 3 unspecified atom stereocenters. The monoisotopic (exact) mass is 470 g/mol. The van der Waals surface area contributed by atoms with Gasteiger partial charge in [-0.25, -0.2) is 24.9 Å². The molecular formula is C23H21F3N6O2. The van der Waals surface area contributed by atoms with E-state index in [1.807, 2.05) is 6.92 Å². The smallest absolute Gasteiger partial charge is 0.434 e. The van der Waals surface area contributed by atoms with Crippen molar-refractivity contribution in [2.45, 2.75) is 32.0 Å². The van der Waals surface area contributed by atoms with Crippen LogP contribution in [-0.4, -0.2) is 54.9 Å². The van der Waals surface area contributed by atoms with E-state index in [0.717, 1.165) is 19.0 Å². The number of piperidine rings is 1. The molecule has 1 saturated carbocycles. The Balaban J connectivity index is 1.37. The molecule has 34 heavy (non-hydrogen) atoms. The summed E-state index contributed by atoms with van der Waals surface area (Å²) in [4.78, 5) is 35.6. The van der Waals surface area contributed by atoms with Crippen molar-refractivity contribution >= 4 is 5.91 Å². The van der Waals surface area contributed by atoms with Crippen LogP contribution in [0.4, 0.5) is 13.2 Å². The summed E-state index contributed by atoms with van der Waals surface area (Å²) in [6.07, 6.45) is 2.01. The number of amides is 1. The standard InChI is InChI=1S/C23H21F3N6O2/c1-13-3-4-17(21-27-5-2-6-28-21)20(31-13)22(33)32-11-15-7-14(15)8-16(32)12-34-19-10-29-18(9-30-19)23(24,25)26/h2-6,9-10,14-16H,7-8,11-12H2,1H3. The summed E-state index contributed by atoms with van der Waals surface area (Å²) >= 11 is 0. The first-order valence-electron chi connectivity index (χ1n) is 10.9. The number of carbonyl (C=O) groups excluding carboxylic acids is 1. The van der Waals surface area contributed by atoms with Crippen LogP contribution in [0.2, 0.25) is 0 Å². The normalized spacial score (nSPS) is 21.6. The number of alkyl halides is 3. The van der Waals surface area contributed by atoms with Gasteiger partial charge in [0.2, 0.25) is 5.88 Å². The quantitative estimate of drug-likeness (QED) is 0.563. The Morgan fingerprint density at radius 2 is 1.88 bits per heavy atom. The molecule has 3 aromatic heterocycles. The van der Waals surface area contributed by atoms with E-state index in [1.165, 1.54) is 0 Å². The summed E-state index contributed by atoms with van der Waals surface area (Å²) in [5, 5.41) is 0. The van der Waals surface area contributed by atoms with Gasteiger partial charge in [-0.2, -0.15) is 13.2 Å². The maximum Gasteiger partial charge on any atom is 0.434 e. The number of carbonyl (C=O) groups is 1. The number of halogens is 3. The van der Waals surface area contributed by atoms with Crippen LogP contribution in [0.25, 0.3) is 11.4 Å². The molecule has 1 saturated heterocycles. The summed E-state index contributed by atoms with van der Waals surface area (Å²) in [7, 11) is 0. The SMILES string of the molecule is Cc1ccc(-c2ncccn2)c(C(=O)N2CC3CC3CC2COc2cnc(C(F)(F)F)cn2)n1. The topological polar surface area (TPSA) is 94.0 Å². The van der Waals surface area contributed by atoms with Gasteiger partial charge in [-0.3, -0.25) is 4.79 Å². The average molecular weight is 470 g/mol. The molecule has 0 spiro atoms. The van der Waals surface area contributed by atoms with Crippen molar-refractivity contribution in [1.82, 2.24) is 29.8 Å². The lowest BCUT2D eigenvalue weighted by atomic mass is 10.0. The highest BCUT2D eigenvalue weighted by Crippen LogP contribution is 2.47. The van der Waals surface area contributed by atoms with Gasteiger partial charge in [-0.15, -0.1) is 0 Å². The fourth-order valence-electron chi connectivity index (χ4n) is 4.30. The van der Waals surface area contributed by atoms with E-state index in [2.05, 4.69) is 24.9 Å². The van der Waals surface area contributed by atoms with Crippen molar-refractivity contribution in [2.75, 3.05) is 13.2 Å². The molecule has 0 N–H and O–H groups in total. The highest BCUT2D eigenvalue weighted by atomic mass is 19.4. The van der Waals surface area contributed by atoms with Crippen LogP contribution < -0.4 is 4.74 Å². The summed E-state index contributed by atoms with van der Waals surface area (Å²) in [5.74, 6) is 1.09. The molecule has 0 aromatic carbocycles. The Hall–Kier alpha value is -3.63. The number of aromatic nitrogens is 5. The van der Waals surface area contributed by atoms with Crippen molar-refractivity contribution in [3.8, 4) is 17.3 Å². The fraction of sp³-hybridized carbons (Fsp3) is 0.391. The molecule has 3 atom stereocenters. The fourth-order valence-corrected chi connectivity index (χ4v) is 4.30. The van der Waals surface area contributed by atoms with Crippen molar-refractivity contribution < 1.29 is 22.7 Å². The average Bonchev–Trinajstić information content (AvgIpc) is 3.60. The summed E-state index contributed by atoms with van der Waals surface area (Å²) in [6.45, 7) is 2.47. The minimum Gasteiger partial charge on any atom is -0.474 e. The first-order chi connectivity index (χ1) is 16.3. The van der Waals surface area contributed by atoms with Gasteiger partial charge in [-0.1, -0.05) is 0 Å². The number of hydrogen-bond donors (Lipinski definition) is 0. The van der Waals surface area contributed by atoms with Gasteiger partial charge in [0, 0.05) is 24.6 Å². The Labute approximate surface area is 193 Å². The summed E-state index contributed by atoms with van der Waals surface area (Å²) in [5.41, 5.74) is 0.417. The maximum atomic E-state index is 13.7. The number of nitrogens with zero attached hydrogens (tertiary/aromatic N) is 6. The van der Waals surface area contributed by atoms with Crippen LogP contribution in [0.3, 0.4) is 0 Å². The Bertz CT molecular complexity index is 1190. The molecule has 1 aliphatic carbocycles. The van der Waals surface area contributed by atoms with Crippen LogP contribution in [0.5, 0.6) is 5.88 Å². The van der Waals surface area contributed by atoms with E-state index in [-0.39, 0.29) is 30.1 Å². The van der Waals surface area contributed by atoms with Gasteiger partial charge in [0.25, 0.3) is 5.91 Å². The molecule has 4 heterocycles. The van der Waals surface area contributed by atoms with Gasteiger partial charge >= 0.3 is 6.18 Å². The highest BCUT2D eigenvalue weighted by molar-refractivity contribution is 5.98. The zero-order chi connectivity index (χ0) is 23.9. The van der Waals surface area contributed by atoms with Crippen molar-refractivity contribution in [2.24, 2.45) is 11.8 Å². The lowest BCUT2D eigenvalue weighted by Crippen LogP contribution is -2.48. The van der Waals surface area contributed by atoms with Crippen LogP contribution >= 0.6 is 0 Å². The summed E-state index contributed by atoms with van der Waals surface area (Å²) < 4.78 is 43.8. The van der Waals surface area contributed by atoms with E-state index >= 15 is 0 Å². The van der Waals surface area contributed by atoms with E-state index in [0.29, 0.717) is 41.7 Å². The molecule has 8 nitrogen and oxygen atoms in total. The largest absolute Gasteiger partial charge is 0.474 e. The van der Waals surface area contributed by atoms with Crippen LogP contribution in [-0.2, 0) is 6.18 Å². The van der Waals surface area contributed by atoms with E-state index in [4.69, 9.17) is 4.74 Å². The zero-order valence-electron chi connectivity index (χ0n) is 18.2. The van der Waals surface area contributed by atoms with Crippen LogP contribution in [0.1, 0.15) is 34.7 Å². The second-order valence-corrected chi connectivity index (χ2v) is 8.57. The van der Waals surface area contributed by atoms with Crippen LogP contribution in [0.15, 0.2) is 43.0 Å². The predicted octanol–water partition coefficient (Wildman–Crippen LogP) is 3.59. The molecule has 2 aliphatic rings. The number of likely N-dealkylation sites (tertiary alicyclic amines) is 1. The number of rotatable bonds is 5. The highest BCUT2D eigenvalue weighted by Gasteiger charge is 2.48. The Kier molecular flexibility index (Phi) is 5.62. The van der Waals surface area contributed by atoms with Gasteiger partial charge in [0.1, 0.15) is 12.3 Å². The molecule has 5 rings (SSSR count). The molecule has 1 aliphatic heterocycles. The number of aryl methyl sites for hydroxylation is 1. The van der Waals surface area contributed by atoms with Crippen molar-refractivity contribution in [3.05, 3.63) is 60.1 Å². The molecule has 1 amide bonds. The third-order valence-corrected chi connectivity index (χ3v) is 6.16. The van der Waals surface area contributed by atoms with Crippen LogP contribution in [0, 0.1) is 18.8 Å². The Morgan fingerprint density at radius 3 is 2.59 bits per heavy atom. The molecule has 3 aromatic rings. The predicted molar refractivity (Wildman–Crippen MR) is 114 cm³/mol. The molecule has 2 fully saturated rings. The lowest BCUT2D eigenvalue weighted by Gasteiger charge is -2.35. The first-order valence-corrected chi connectivity index (χ1v) is 10.9. The zero-order valence-corrected chi connectivity index (χ0v) is 18.2. The first kappa shape index (κ1) is 22.2. The van der Waals surface area contributed by atoms with Crippen molar-refractivity contribution in [1.29, 1.82) is 0 Å². The third-order valence-electron chi connectivity index (χ3n) is 6.16. The second kappa shape index (κ2) is 8.62. The number of fused-ring (bicyclic) bond motifs is 1. The summed E-state index contributed by atoms with van der Waals surface area (Å²) in [6, 6.07) is 5.02. The molecule has 0 bridgehead atoms. The number of hydrogen-bond acceptors (Lipinski definition) is 7. The molecule has 11 heteroatoms. The van der Waals surface area contributed by atoms with E-state index in [9.17, 15) is 18.0 Å². The van der Waals surface area contributed by atoms with E-state index < -0.39 is 11.9 Å².